The van der Waals surface area contributed by atoms with Crippen LogP contribution in [0.15, 0.2) is 54.6 Å². The molecule has 0 saturated carbocycles. The number of carbonyl (C=O) groups is 2. The molecule has 2 atom stereocenters. The molecule has 0 aromatic heterocycles. The van der Waals surface area contributed by atoms with Gasteiger partial charge in [0.15, 0.2) is 0 Å². The summed E-state index contributed by atoms with van der Waals surface area (Å²) in [4.78, 5) is 27.0. The minimum atomic E-state index is -0.138. The molecule has 1 saturated heterocycles. The van der Waals surface area contributed by atoms with E-state index < -0.39 is 0 Å². The predicted molar refractivity (Wildman–Crippen MR) is 111 cm³/mol. The maximum absolute atomic E-state index is 12.7. The van der Waals surface area contributed by atoms with Gasteiger partial charge in [-0.3, -0.25) is 9.59 Å². The van der Waals surface area contributed by atoms with Gasteiger partial charge in [0.2, 0.25) is 0 Å². The molecule has 1 fully saturated rings. The van der Waals surface area contributed by atoms with Crippen LogP contribution in [0.5, 0.6) is 0 Å². The van der Waals surface area contributed by atoms with Crippen molar-refractivity contribution >= 4 is 29.9 Å². The van der Waals surface area contributed by atoms with Gasteiger partial charge >= 0.3 is 0 Å². The number of rotatable bonds is 4. The highest BCUT2D eigenvalue weighted by atomic mass is 35.5. The summed E-state index contributed by atoms with van der Waals surface area (Å²) in [7, 11) is 1.74. The quantitative estimate of drug-likeness (QED) is 0.847. The van der Waals surface area contributed by atoms with E-state index in [1.54, 1.807) is 36.2 Å². The second-order valence-electron chi connectivity index (χ2n) is 6.83. The van der Waals surface area contributed by atoms with E-state index >= 15 is 0 Å². The van der Waals surface area contributed by atoms with E-state index in [-0.39, 0.29) is 30.3 Å². The number of nitrogens with zero attached hydrogens (tertiary/aromatic N) is 1. The first-order valence-corrected chi connectivity index (χ1v) is 9.01. The van der Waals surface area contributed by atoms with Crippen LogP contribution >= 0.6 is 12.4 Å². The fourth-order valence-corrected chi connectivity index (χ4v) is 3.24. The maximum Gasteiger partial charge on any atom is 0.258 e. The standard InChI is InChI=1S/C21H25N3O2.ClH/c1-15-14-22-12-11-19(15)23-20(25)16-7-6-8-17(13-16)21(26)24(2)18-9-4-3-5-10-18;/h3-10,13,15,19,22H,11-12,14H2,1-2H3,(H,23,25);1H. The van der Waals surface area contributed by atoms with Crippen molar-refractivity contribution in [2.24, 2.45) is 5.92 Å². The Hall–Kier alpha value is -2.37. The highest BCUT2D eigenvalue weighted by molar-refractivity contribution is 6.07. The summed E-state index contributed by atoms with van der Waals surface area (Å²) in [6, 6.07) is 16.5. The molecule has 5 nitrogen and oxygen atoms in total. The zero-order valence-corrected chi connectivity index (χ0v) is 16.5. The van der Waals surface area contributed by atoms with Crippen molar-refractivity contribution in [2.75, 3.05) is 25.0 Å². The van der Waals surface area contributed by atoms with E-state index in [9.17, 15) is 9.59 Å². The minimum absolute atomic E-state index is 0. The van der Waals surface area contributed by atoms with Crippen LogP contribution in [-0.2, 0) is 0 Å². The average molecular weight is 388 g/mol. The zero-order chi connectivity index (χ0) is 18.5. The first kappa shape index (κ1) is 20.9. The largest absolute Gasteiger partial charge is 0.349 e. The highest BCUT2D eigenvalue weighted by Gasteiger charge is 2.23. The SMILES string of the molecule is CC1CNCCC1NC(=O)c1cccc(C(=O)N(C)c2ccccc2)c1.Cl. The molecule has 0 spiro atoms. The Kier molecular flexibility index (Phi) is 7.39. The van der Waals surface area contributed by atoms with Gasteiger partial charge in [-0.05, 0) is 55.8 Å². The molecule has 6 heteroatoms. The Bertz CT molecular complexity index is 782. The van der Waals surface area contributed by atoms with Gasteiger partial charge in [-0.1, -0.05) is 31.2 Å². The van der Waals surface area contributed by atoms with E-state index in [0.29, 0.717) is 17.0 Å². The van der Waals surface area contributed by atoms with Crippen molar-refractivity contribution in [1.29, 1.82) is 0 Å². The van der Waals surface area contributed by atoms with Crippen LogP contribution in [0, 0.1) is 5.92 Å². The van der Waals surface area contributed by atoms with Gasteiger partial charge in [-0.15, -0.1) is 12.4 Å². The van der Waals surface area contributed by atoms with E-state index in [2.05, 4.69) is 17.6 Å². The number of anilines is 1. The van der Waals surface area contributed by atoms with Gasteiger partial charge in [0.05, 0.1) is 0 Å². The summed E-state index contributed by atoms with van der Waals surface area (Å²) >= 11 is 0. The molecule has 2 aromatic rings. The number of para-hydroxylation sites is 1. The Morgan fingerprint density at radius 2 is 1.78 bits per heavy atom. The van der Waals surface area contributed by atoms with Crippen molar-refractivity contribution in [2.45, 2.75) is 19.4 Å². The van der Waals surface area contributed by atoms with Crippen LogP contribution < -0.4 is 15.5 Å². The molecule has 2 N–H and O–H groups in total. The van der Waals surface area contributed by atoms with Crippen molar-refractivity contribution in [3.8, 4) is 0 Å². The molecule has 0 bridgehead atoms. The highest BCUT2D eigenvalue weighted by Crippen LogP contribution is 2.16. The van der Waals surface area contributed by atoms with Gasteiger partial charge < -0.3 is 15.5 Å². The summed E-state index contributed by atoms with van der Waals surface area (Å²) in [6.45, 7) is 3.95. The number of hydrogen-bond acceptors (Lipinski definition) is 3. The molecule has 1 aliphatic heterocycles. The van der Waals surface area contributed by atoms with E-state index in [0.717, 1.165) is 25.2 Å². The number of nitrogens with one attached hydrogen (secondary N) is 2. The predicted octanol–water partition coefficient (Wildman–Crippen LogP) is 3.11. The van der Waals surface area contributed by atoms with E-state index in [1.807, 2.05) is 30.3 Å². The Balaban J connectivity index is 0.00000261. The monoisotopic (exact) mass is 387 g/mol. The molecular weight excluding hydrogens is 362 g/mol. The average Bonchev–Trinajstić information content (AvgIpc) is 2.69. The fourth-order valence-electron chi connectivity index (χ4n) is 3.24. The lowest BCUT2D eigenvalue weighted by Gasteiger charge is -2.30. The number of benzene rings is 2. The first-order valence-electron chi connectivity index (χ1n) is 9.01. The van der Waals surface area contributed by atoms with Crippen molar-refractivity contribution < 1.29 is 9.59 Å². The Morgan fingerprint density at radius 3 is 2.48 bits per heavy atom. The molecule has 1 aliphatic rings. The number of halogens is 1. The molecule has 0 aliphatic carbocycles. The Labute approximate surface area is 166 Å². The Morgan fingerprint density at radius 1 is 1.07 bits per heavy atom. The van der Waals surface area contributed by atoms with Gasteiger partial charge in [0, 0.05) is 29.9 Å². The van der Waals surface area contributed by atoms with Crippen molar-refractivity contribution in [3.05, 3.63) is 65.7 Å². The van der Waals surface area contributed by atoms with Crippen molar-refractivity contribution in [3.63, 3.8) is 0 Å². The summed E-state index contributed by atoms with van der Waals surface area (Å²) in [6.07, 6.45) is 0.919. The number of amides is 2. The molecule has 0 radical (unpaired) electrons. The second-order valence-corrected chi connectivity index (χ2v) is 6.83. The molecule has 3 rings (SSSR count). The fraction of sp³-hybridized carbons (Fsp3) is 0.333. The lowest BCUT2D eigenvalue weighted by molar-refractivity contribution is 0.0914. The van der Waals surface area contributed by atoms with Gasteiger partial charge in [0.1, 0.15) is 0 Å². The number of piperidine rings is 1. The topological polar surface area (TPSA) is 61.4 Å². The smallest absolute Gasteiger partial charge is 0.258 e. The van der Waals surface area contributed by atoms with Crippen LogP contribution in [0.3, 0.4) is 0 Å². The van der Waals surface area contributed by atoms with Crippen LogP contribution in [0.1, 0.15) is 34.1 Å². The second kappa shape index (κ2) is 9.53. The van der Waals surface area contributed by atoms with Crippen LogP contribution in [0.4, 0.5) is 5.69 Å². The third-order valence-corrected chi connectivity index (χ3v) is 4.92. The number of carbonyl (C=O) groups excluding carboxylic acids is 2. The normalized spacial score (nSPS) is 18.9. The molecule has 144 valence electrons. The van der Waals surface area contributed by atoms with Crippen molar-refractivity contribution in [1.82, 2.24) is 10.6 Å². The number of hydrogen-bond donors (Lipinski definition) is 2. The summed E-state index contributed by atoms with van der Waals surface area (Å²) in [5.41, 5.74) is 1.83. The molecule has 2 aromatic carbocycles. The molecule has 2 unspecified atom stereocenters. The van der Waals surface area contributed by atoms with E-state index in [1.165, 1.54) is 0 Å². The lowest BCUT2D eigenvalue weighted by Crippen LogP contribution is -2.48. The zero-order valence-electron chi connectivity index (χ0n) is 15.6. The van der Waals surface area contributed by atoms with E-state index in [4.69, 9.17) is 0 Å². The van der Waals surface area contributed by atoms with Gasteiger partial charge in [-0.2, -0.15) is 0 Å². The third kappa shape index (κ3) is 5.08. The summed E-state index contributed by atoms with van der Waals surface area (Å²) in [5, 5.41) is 6.44. The van der Waals surface area contributed by atoms with Gasteiger partial charge in [-0.25, -0.2) is 0 Å². The van der Waals surface area contributed by atoms with Crippen LogP contribution in [0.25, 0.3) is 0 Å². The summed E-state index contributed by atoms with van der Waals surface area (Å²) in [5.74, 6) is 0.128. The third-order valence-electron chi connectivity index (χ3n) is 4.92. The van der Waals surface area contributed by atoms with Crippen LogP contribution in [-0.4, -0.2) is 38.0 Å². The molecule has 2 amide bonds. The molecule has 1 heterocycles. The van der Waals surface area contributed by atoms with Crippen LogP contribution in [0.2, 0.25) is 0 Å². The minimum Gasteiger partial charge on any atom is -0.349 e. The molecular formula is C21H26ClN3O2. The molecule has 27 heavy (non-hydrogen) atoms. The summed E-state index contributed by atoms with van der Waals surface area (Å²) < 4.78 is 0. The lowest BCUT2D eigenvalue weighted by atomic mass is 9.95. The van der Waals surface area contributed by atoms with Gasteiger partial charge in [0.25, 0.3) is 11.8 Å². The first-order chi connectivity index (χ1) is 12.6. The maximum atomic E-state index is 12.7.